The number of benzene rings is 1. The molecule has 1 aliphatic heterocycles. The molecule has 1 aliphatic rings. The van der Waals surface area contributed by atoms with Gasteiger partial charge in [0.1, 0.15) is 5.82 Å². The molecule has 0 aliphatic carbocycles. The van der Waals surface area contributed by atoms with Gasteiger partial charge in [0.15, 0.2) is 0 Å². The van der Waals surface area contributed by atoms with Gasteiger partial charge in [-0.3, -0.25) is 0 Å². The normalized spacial score (nSPS) is 22.4. The average Bonchev–Trinajstić information content (AvgIpc) is 2.46. The Morgan fingerprint density at radius 2 is 2.13 bits per heavy atom. The van der Waals surface area contributed by atoms with Crippen LogP contribution < -0.4 is 5.32 Å². The zero-order valence-corrected chi connectivity index (χ0v) is 10.2. The summed E-state index contributed by atoms with van der Waals surface area (Å²) in [4.78, 5) is 0. The molecule has 0 radical (unpaired) electrons. The van der Waals surface area contributed by atoms with Gasteiger partial charge in [0.2, 0.25) is 0 Å². The molecule has 1 N–H and O–H groups in total. The van der Waals surface area contributed by atoms with Crippen molar-refractivity contribution in [3.05, 3.63) is 34.1 Å². The summed E-state index contributed by atoms with van der Waals surface area (Å²) < 4.78 is 14.6. The Kier molecular flexibility index (Phi) is 3.76. The van der Waals surface area contributed by atoms with Gasteiger partial charge in [-0.05, 0) is 31.5 Å². The predicted molar refractivity (Wildman–Crippen MR) is 63.3 cm³/mol. The van der Waals surface area contributed by atoms with Gasteiger partial charge in [-0.2, -0.15) is 0 Å². The van der Waals surface area contributed by atoms with Crippen molar-refractivity contribution in [2.45, 2.75) is 31.7 Å². The first kappa shape index (κ1) is 11.1. The molecule has 1 aromatic carbocycles. The maximum atomic E-state index is 13.7. The fourth-order valence-corrected chi connectivity index (χ4v) is 2.74. The third kappa shape index (κ3) is 2.58. The summed E-state index contributed by atoms with van der Waals surface area (Å²) in [5, 5.41) is 3.41. The number of halogens is 2. The lowest BCUT2D eigenvalue weighted by molar-refractivity contribution is 0.496. The minimum absolute atomic E-state index is 0.108. The summed E-state index contributed by atoms with van der Waals surface area (Å²) in [5.41, 5.74) is 0.791. The molecule has 3 heteroatoms. The van der Waals surface area contributed by atoms with E-state index in [4.69, 9.17) is 0 Å². The lowest BCUT2D eigenvalue weighted by Crippen LogP contribution is -2.21. The van der Waals surface area contributed by atoms with Crippen LogP contribution in [0.2, 0.25) is 0 Å². The topological polar surface area (TPSA) is 12.0 Å². The second-order valence-corrected chi connectivity index (χ2v) is 4.85. The Labute approximate surface area is 98.2 Å². The van der Waals surface area contributed by atoms with Crippen molar-refractivity contribution in [1.82, 2.24) is 5.32 Å². The molecule has 82 valence electrons. The molecule has 1 atom stereocenters. The first-order valence-electron chi connectivity index (χ1n) is 5.46. The van der Waals surface area contributed by atoms with Gasteiger partial charge in [0, 0.05) is 16.1 Å². The van der Waals surface area contributed by atoms with E-state index in [1.807, 2.05) is 6.07 Å². The molecule has 15 heavy (non-hydrogen) atoms. The third-order valence-corrected chi connectivity index (χ3v) is 3.60. The summed E-state index contributed by atoms with van der Waals surface area (Å²) in [7, 11) is 0. The molecule has 1 unspecified atom stereocenters. The number of rotatable bonds is 1. The molecule has 1 heterocycles. The molecule has 2 rings (SSSR count). The van der Waals surface area contributed by atoms with Crippen LogP contribution in [0, 0.1) is 5.82 Å². The molecule has 1 nitrogen and oxygen atoms in total. The van der Waals surface area contributed by atoms with E-state index in [1.54, 1.807) is 6.07 Å². The smallest absolute Gasteiger partial charge is 0.129 e. The predicted octanol–water partition coefficient (Wildman–Crippen LogP) is 3.79. The van der Waals surface area contributed by atoms with Gasteiger partial charge < -0.3 is 5.32 Å². The van der Waals surface area contributed by atoms with Gasteiger partial charge >= 0.3 is 0 Å². The Morgan fingerprint density at radius 1 is 1.27 bits per heavy atom. The van der Waals surface area contributed by atoms with E-state index < -0.39 is 0 Å². The first-order chi connectivity index (χ1) is 7.29. The average molecular weight is 272 g/mol. The highest BCUT2D eigenvalue weighted by Crippen LogP contribution is 2.30. The van der Waals surface area contributed by atoms with Gasteiger partial charge in [-0.15, -0.1) is 0 Å². The van der Waals surface area contributed by atoms with E-state index >= 15 is 0 Å². The summed E-state index contributed by atoms with van der Waals surface area (Å²) in [6.45, 7) is 0.992. The highest BCUT2D eigenvalue weighted by Gasteiger charge is 2.19. The van der Waals surface area contributed by atoms with Crippen LogP contribution in [0.5, 0.6) is 0 Å². The Balaban J connectivity index is 2.26. The number of hydrogen-bond donors (Lipinski definition) is 1. The minimum Gasteiger partial charge on any atom is -0.310 e. The second-order valence-electron chi connectivity index (χ2n) is 3.99. The van der Waals surface area contributed by atoms with Crippen molar-refractivity contribution >= 4 is 15.9 Å². The molecule has 0 amide bonds. The summed E-state index contributed by atoms with van der Waals surface area (Å²) >= 11 is 3.43. The Hall–Kier alpha value is -0.410. The molecule has 0 bridgehead atoms. The van der Waals surface area contributed by atoms with Crippen LogP contribution in [-0.4, -0.2) is 6.54 Å². The van der Waals surface area contributed by atoms with Crippen molar-refractivity contribution in [1.29, 1.82) is 0 Å². The quantitative estimate of drug-likeness (QED) is 0.820. The van der Waals surface area contributed by atoms with Gasteiger partial charge in [0.25, 0.3) is 0 Å². The van der Waals surface area contributed by atoms with Crippen LogP contribution in [-0.2, 0) is 0 Å². The SMILES string of the molecule is Fc1cccc(Br)c1C1CCCCCN1. The van der Waals surface area contributed by atoms with E-state index in [9.17, 15) is 4.39 Å². The molecule has 1 aromatic rings. The fraction of sp³-hybridized carbons (Fsp3) is 0.500. The number of nitrogens with one attached hydrogen (secondary N) is 1. The lowest BCUT2D eigenvalue weighted by Gasteiger charge is -2.18. The van der Waals surface area contributed by atoms with Crippen LogP contribution in [0.4, 0.5) is 4.39 Å². The van der Waals surface area contributed by atoms with Crippen LogP contribution in [0.3, 0.4) is 0 Å². The van der Waals surface area contributed by atoms with Crippen molar-refractivity contribution in [3.63, 3.8) is 0 Å². The monoisotopic (exact) mass is 271 g/mol. The highest BCUT2D eigenvalue weighted by atomic mass is 79.9. The Morgan fingerprint density at radius 3 is 2.93 bits per heavy atom. The fourth-order valence-electron chi connectivity index (χ4n) is 2.12. The van der Waals surface area contributed by atoms with Crippen molar-refractivity contribution in [2.75, 3.05) is 6.54 Å². The second kappa shape index (κ2) is 5.08. The highest BCUT2D eigenvalue weighted by molar-refractivity contribution is 9.10. The number of hydrogen-bond acceptors (Lipinski definition) is 1. The molecule has 1 fully saturated rings. The summed E-state index contributed by atoms with van der Waals surface area (Å²) in [6, 6.07) is 5.35. The van der Waals surface area contributed by atoms with Crippen molar-refractivity contribution in [2.24, 2.45) is 0 Å². The van der Waals surface area contributed by atoms with E-state index in [0.717, 1.165) is 23.0 Å². The van der Waals surface area contributed by atoms with Crippen molar-refractivity contribution in [3.8, 4) is 0 Å². The molecule has 0 spiro atoms. The van der Waals surface area contributed by atoms with Crippen LogP contribution >= 0.6 is 15.9 Å². The zero-order valence-electron chi connectivity index (χ0n) is 8.60. The van der Waals surface area contributed by atoms with Crippen LogP contribution in [0.1, 0.15) is 37.3 Å². The van der Waals surface area contributed by atoms with Crippen LogP contribution in [0.25, 0.3) is 0 Å². The first-order valence-corrected chi connectivity index (χ1v) is 6.25. The zero-order chi connectivity index (χ0) is 10.7. The maximum Gasteiger partial charge on any atom is 0.129 e. The van der Waals surface area contributed by atoms with Gasteiger partial charge in [0.05, 0.1) is 0 Å². The Bertz CT molecular complexity index is 312. The molecule has 0 saturated carbocycles. The lowest BCUT2D eigenvalue weighted by atomic mass is 10.0. The maximum absolute atomic E-state index is 13.7. The van der Waals surface area contributed by atoms with E-state index in [1.165, 1.54) is 25.3 Å². The van der Waals surface area contributed by atoms with Crippen LogP contribution in [0.15, 0.2) is 22.7 Å². The van der Waals surface area contributed by atoms with Gasteiger partial charge in [-0.1, -0.05) is 34.8 Å². The van der Waals surface area contributed by atoms with Gasteiger partial charge in [-0.25, -0.2) is 4.39 Å². The van der Waals surface area contributed by atoms with Crippen molar-refractivity contribution < 1.29 is 4.39 Å². The molecular formula is C12H15BrFN. The molecular weight excluding hydrogens is 257 g/mol. The largest absolute Gasteiger partial charge is 0.310 e. The third-order valence-electron chi connectivity index (χ3n) is 2.91. The van der Waals surface area contributed by atoms with E-state index in [2.05, 4.69) is 21.2 Å². The summed E-state index contributed by atoms with van der Waals surface area (Å²) in [5.74, 6) is -0.108. The summed E-state index contributed by atoms with van der Waals surface area (Å²) in [6.07, 6.45) is 4.65. The van der Waals surface area contributed by atoms with E-state index in [0.29, 0.717) is 0 Å². The van der Waals surface area contributed by atoms with E-state index in [-0.39, 0.29) is 11.9 Å². The molecule has 1 saturated heterocycles. The standard InChI is InChI=1S/C12H15BrFN/c13-9-5-4-6-10(14)12(9)11-7-2-1-3-8-15-11/h4-6,11,15H,1-3,7-8H2. The minimum atomic E-state index is -0.108. The molecule has 0 aromatic heterocycles.